The Bertz CT molecular complexity index is 725. The standard InChI is InChI=1S/C17H18N2O2S2/c1-11-9-22-15-7-3-2-5-13(15)19(11)17(20)12-10-23-16(18-12)14-6-4-8-21-14/h2-3,5,7,10-11,14H,4,6,8-9H2,1H3/t11-,14-/m0/s1. The van der Waals surface area contributed by atoms with Crippen molar-refractivity contribution in [3.63, 3.8) is 0 Å². The molecule has 0 saturated carbocycles. The Labute approximate surface area is 143 Å². The molecule has 0 aliphatic carbocycles. The summed E-state index contributed by atoms with van der Waals surface area (Å²) >= 11 is 3.34. The summed E-state index contributed by atoms with van der Waals surface area (Å²) < 4.78 is 5.67. The van der Waals surface area contributed by atoms with Crippen LogP contribution in [0, 0.1) is 0 Å². The van der Waals surface area contributed by atoms with Crippen LogP contribution in [0.5, 0.6) is 0 Å². The van der Waals surface area contributed by atoms with E-state index >= 15 is 0 Å². The Morgan fingerprint density at radius 3 is 3.09 bits per heavy atom. The molecule has 4 nitrogen and oxygen atoms in total. The van der Waals surface area contributed by atoms with Crippen molar-refractivity contribution in [3.8, 4) is 0 Å². The Hall–Kier alpha value is -1.37. The van der Waals surface area contributed by atoms with E-state index in [9.17, 15) is 4.79 Å². The molecule has 6 heteroatoms. The van der Waals surface area contributed by atoms with Crippen LogP contribution in [0.4, 0.5) is 5.69 Å². The maximum atomic E-state index is 13.0. The second kappa shape index (κ2) is 6.26. The number of aromatic nitrogens is 1. The number of benzene rings is 1. The normalized spacial score (nSPS) is 23.8. The van der Waals surface area contributed by atoms with Crippen LogP contribution >= 0.6 is 23.1 Å². The highest BCUT2D eigenvalue weighted by Gasteiger charge is 2.31. The number of ether oxygens (including phenoxy) is 1. The van der Waals surface area contributed by atoms with E-state index in [2.05, 4.69) is 18.0 Å². The third kappa shape index (κ3) is 2.79. The molecule has 1 saturated heterocycles. The molecule has 120 valence electrons. The first-order valence-electron chi connectivity index (χ1n) is 7.86. The Morgan fingerprint density at radius 1 is 1.39 bits per heavy atom. The highest BCUT2D eigenvalue weighted by Crippen LogP contribution is 2.38. The fraction of sp³-hybridized carbons (Fsp3) is 0.412. The summed E-state index contributed by atoms with van der Waals surface area (Å²) in [5.41, 5.74) is 1.53. The number of nitrogens with zero attached hydrogens (tertiary/aromatic N) is 2. The van der Waals surface area contributed by atoms with Gasteiger partial charge in [-0.1, -0.05) is 12.1 Å². The van der Waals surface area contributed by atoms with E-state index in [0.29, 0.717) is 5.69 Å². The number of thiazole rings is 1. The molecular weight excluding hydrogens is 328 g/mol. The van der Waals surface area contributed by atoms with Crippen LogP contribution in [0.15, 0.2) is 34.5 Å². The number of rotatable bonds is 2. The van der Waals surface area contributed by atoms with Crippen LogP contribution < -0.4 is 4.90 Å². The average Bonchev–Trinajstić information content (AvgIpc) is 3.25. The predicted molar refractivity (Wildman–Crippen MR) is 93.5 cm³/mol. The molecule has 4 rings (SSSR count). The van der Waals surface area contributed by atoms with Crippen molar-refractivity contribution in [2.75, 3.05) is 17.3 Å². The number of amides is 1. The van der Waals surface area contributed by atoms with Gasteiger partial charge in [0.2, 0.25) is 0 Å². The first-order chi connectivity index (χ1) is 11.2. The maximum absolute atomic E-state index is 13.0. The van der Waals surface area contributed by atoms with Crippen LogP contribution in [-0.2, 0) is 4.74 Å². The lowest BCUT2D eigenvalue weighted by molar-refractivity contribution is 0.0971. The van der Waals surface area contributed by atoms with Gasteiger partial charge in [0.25, 0.3) is 5.91 Å². The van der Waals surface area contributed by atoms with E-state index < -0.39 is 0 Å². The molecule has 3 heterocycles. The van der Waals surface area contributed by atoms with E-state index in [4.69, 9.17) is 4.74 Å². The first kappa shape index (κ1) is 15.2. The van der Waals surface area contributed by atoms with Crippen LogP contribution in [-0.4, -0.2) is 29.3 Å². The summed E-state index contributed by atoms with van der Waals surface area (Å²) in [7, 11) is 0. The minimum Gasteiger partial charge on any atom is -0.371 e. The lowest BCUT2D eigenvalue weighted by atomic mass is 10.2. The molecule has 1 amide bonds. The largest absolute Gasteiger partial charge is 0.371 e. The lowest BCUT2D eigenvalue weighted by Crippen LogP contribution is -2.42. The van der Waals surface area contributed by atoms with Crippen LogP contribution in [0.2, 0.25) is 0 Å². The van der Waals surface area contributed by atoms with Crippen molar-refractivity contribution in [2.45, 2.75) is 36.8 Å². The number of hydrogen-bond donors (Lipinski definition) is 0. The quantitative estimate of drug-likeness (QED) is 0.820. The zero-order chi connectivity index (χ0) is 15.8. The van der Waals surface area contributed by atoms with Gasteiger partial charge in [-0.2, -0.15) is 0 Å². The van der Waals surface area contributed by atoms with E-state index in [0.717, 1.165) is 40.8 Å². The van der Waals surface area contributed by atoms with Gasteiger partial charge in [-0.25, -0.2) is 4.98 Å². The van der Waals surface area contributed by atoms with Gasteiger partial charge in [-0.15, -0.1) is 23.1 Å². The summed E-state index contributed by atoms with van der Waals surface area (Å²) in [5, 5.41) is 2.80. The third-order valence-corrected chi connectivity index (χ3v) is 6.45. The van der Waals surface area contributed by atoms with Crippen molar-refractivity contribution in [2.24, 2.45) is 0 Å². The SMILES string of the molecule is C[C@H]1CSc2ccccc2N1C(=O)c1csc([C@@H]2CCCO2)n1. The number of fused-ring (bicyclic) bond motifs is 1. The zero-order valence-corrected chi connectivity index (χ0v) is 14.5. The number of carbonyl (C=O) groups excluding carboxylic acids is 1. The molecule has 0 bridgehead atoms. The number of thioether (sulfide) groups is 1. The highest BCUT2D eigenvalue weighted by molar-refractivity contribution is 7.99. The van der Waals surface area contributed by atoms with E-state index in [1.54, 1.807) is 0 Å². The summed E-state index contributed by atoms with van der Waals surface area (Å²) in [4.78, 5) is 20.6. The molecule has 0 unspecified atom stereocenters. The molecule has 1 aromatic heterocycles. The van der Waals surface area contributed by atoms with Gasteiger partial charge in [0.1, 0.15) is 16.8 Å². The van der Waals surface area contributed by atoms with Gasteiger partial charge < -0.3 is 9.64 Å². The molecule has 23 heavy (non-hydrogen) atoms. The fourth-order valence-corrected chi connectivity index (χ4v) is 4.97. The van der Waals surface area contributed by atoms with Crippen molar-refractivity contribution >= 4 is 34.7 Å². The zero-order valence-electron chi connectivity index (χ0n) is 12.9. The average molecular weight is 346 g/mol. The summed E-state index contributed by atoms with van der Waals surface area (Å²) in [6.07, 6.45) is 2.14. The van der Waals surface area contributed by atoms with Crippen molar-refractivity contribution in [1.82, 2.24) is 4.98 Å². The Morgan fingerprint density at radius 2 is 2.26 bits per heavy atom. The summed E-state index contributed by atoms with van der Waals surface area (Å²) in [5.74, 6) is 0.900. The van der Waals surface area contributed by atoms with Crippen LogP contribution in [0.1, 0.15) is 41.4 Å². The number of carbonyl (C=O) groups is 1. The topological polar surface area (TPSA) is 42.4 Å². The Kier molecular flexibility index (Phi) is 4.13. The van der Waals surface area contributed by atoms with Crippen molar-refractivity contribution < 1.29 is 9.53 Å². The second-order valence-corrected chi connectivity index (χ2v) is 7.83. The number of anilines is 1. The van der Waals surface area contributed by atoms with Gasteiger partial charge in [0.05, 0.1) is 5.69 Å². The molecule has 2 atom stereocenters. The molecule has 2 aromatic rings. The molecule has 2 aliphatic rings. The van der Waals surface area contributed by atoms with E-state index in [1.807, 2.05) is 40.2 Å². The Balaban J connectivity index is 1.63. The summed E-state index contributed by atoms with van der Waals surface area (Å²) in [6.45, 7) is 2.88. The minimum atomic E-state index is -0.00857. The molecular formula is C17H18N2O2S2. The van der Waals surface area contributed by atoms with E-state index in [1.165, 1.54) is 11.3 Å². The van der Waals surface area contributed by atoms with Crippen LogP contribution in [0.3, 0.4) is 0 Å². The van der Waals surface area contributed by atoms with Crippen LogP contribution in [0.25, 0.3) is 0 Å². The van der Waals surface area contributed by atoms with Gasteiger partial charge in [-0.3, -0.25) is 4.79 Å². The van der Waals surface area contributed by atoms with E-state index in [-0.39, 0.29) is 18.1 Å². The maximum Gasteiger partial charge on any atom is 0.278 e. The number of para-hydroxylation sites is 1. The number of hydrogen-bond acceptors (Lipinski definition) is 5. The monoisotopic (exact) mass is 346 g/mol. The predicted octanol–water partition coefficient (Wildman–Crippen LogP) is 4.14. The van der Waals surface area contributed by atoms with Gasteiger partial charge in [0, 0.05) is 28.7 Å². The van der Waals surface area contributed by atoms with Gasteiger partial charge in [0.15, 0.2) is 0 Å². The molecule has 1 fully saturated rings. The van der Waals surface area contributed by atoms with Gasteiger partial charge in [-0.05, 0) is 31.9 Å². The lowest BCUT2D eigenvalue weighted by Gasteiger charge is -2.34. The summed E-state index contributed by atoms with van der Waals surface area (Å²) in [6, 6.07) is 8.25. The third-order valence-electron chi connectivity index (χ3n) is 4.21. The van der Waals surface area contributed by atoms with Gasteiger partial charge >= 0.3 is 0 Å². The fourth-order valence-electron chi connectivity index (χ4n) is 3.04. The van der Waals surface area contributed by atoms with Crippen molar-refractivity contribution in [1.29, 1.82) is 0 Å². The molecule has 1 aromatic carbocycles. The minimum absolute atomic E-state index is 0.00857. The molecule has 0 N–H and O–H groups in total. The van der Waals surface area contributed by atoms with Crippen molar-refractivity contribution in [3.05, 3.63) is 40.3 Å². The molecule has 0 radical (unpaired) electrons. The second-order valence-electron chi connectivity index (χ2n) is 5.88. The molecule has 0 spiro atoms. The highest BCUT2D eigenvalue weighted by atomic mass is 32.2. The smallest absolute Gasteiger partial charge is 0.278 e. The first-order valence-corrected chi connectivity index (χ1v) is 9.73. The molecule has 2 aliphatic heterocycles.